The van der Waals surface area contributed by atoms with Crippen molar-refractivity contribution in [3.8, 4) is 0 Å². The highest BCUT2D eigenvalue weighted by Crippen LogP contribution is 2.13. The van der Waals surface area contributed by atoms with E-state index in [9.17, 15) is 10.1 Å². The van der Waals surface area contributed by atoms with Crippen LogP contribution in [0.25, 0.3) is 0 Å². The Bertz CT molecular complexity index is 808. The lowest BCUT2D eigenvalue weighted by atomic mass is 10.2. The van der Waals surface area contributed by atoms with Crippen LogP contribution in [0.2, 0.25) is 0 Å². The van der Waals surface area contributed by atoms with Crippen LogP contribution in [-0.2, 0) is 17.8 Å². The molecule has 0 bridgehead atoms. The average Bonchev–Trinajstić information content (AvgIpc) is 3.27. The summed E-state index contributed by atoms with van der Waals surface area (Å²) in [5, 5.41) is 14.3. The second-order valence-corrected chi connectivity index (χ2v) is 7.23. The largest absolute Gasteiger partial charge is 0.467 e. The minimum atomic E-state index is -0.397. The van der Waals surface area contributed by atoms with Gasteiger partial charge in [-0.05, 0) is 30.7 Å². The Labute approximate surface area is 199 Å². The third-order valence-electron chi connectivity index (χ3n) is 4.93. The Kier molecular flexibility index (Phi) is 10.7. The zero-order valence-electron chi connectivity index (χ0n) is 17.7. The van der Waals surface area contributed by atoms with E-state index in [1.165, 1.54) is 12.1 Å². The monoisotopic (exact) mass is 543 g/mol. The molecule has 1 N–H and O–H groups in total. The summed E-state index contributed by atoms with van der Waals surface area (Å²) in [6.07, 6.45) is 2.66. The van der Waals surface area contributed by atoms with Crippen LogP contribution < -0.4 is 5.32 Å². The summed E-state index contributed by atoms with van der Waals surface area (Å²) in [5.74, 6) is 1.63. The number of non-ortho nitro benzene ring substituents is 1. The average molecular weight is 543 g/mol. The third kappa shape index (κ3) is 8.46. The molecule has 1 aromatic carbocycles. The highest BCUT2D eigenvalue weighted by Gasteiger charge is 2.12. The Morgan fingerprint density at radius 2 is 2.00 bits per heavy atom. The van der Waals surface area contributed by atoms with Gasteiger partial charge in [-0.15, -0.1) is 24.0 Å². The predicted octanol–water partition coefficient (Wildman–Crippen LogP) is 3.11. The van der Waals surface area contributed by atoms with Crippen molar-refractivity contribution in [2.24, 2.45) is 4.99 Å². The molecule has 1 aliphatic heterocycles. The summed E-state index contributed by atoms with van der Waals surface area (Å²) in [6.45, 7) is 6.45. The second-order valence-electron chi connectivity index (χ2n) is 7.23. The topological polar surface area (TPSA) is 96.4 Å². The maximum atomic E-state index is 10.8. The van der Waals surface area contributed by atoms with Crippen molar-refractivity contribution >= 4 is 35.6 Å². The Morgan fingerprint density at radius 3 is 2.65 bits per heavy atom. The predicted molar refractivity (Wildman–Crippen MR) is 130 cm³/mol. The van der Waals surface area contributed by atoms with E-state index in [4.69, 9.17) is 14.1 Å². The van der Waals surface area contributed by atoms with Crippen molar-refractivity contribution < 1.29 is 14.1 Å². The molecule has 2 aromatic rings. The van der Waals surface area contributed by atoms with Gasteiger partial charge in [-0.25, -0.2) is 4.99 Å². The van der Waals surface area contributed by atoms with Gasteiger partial charge in [0.05, 0.1) is 37.5 Å². The van der Waals surface area contributed by atoms with E-state index in [1.807, 2.05) is 24.1 Å². The molecule has 0 spiro atoms. The van der Waals surface area contributed by atoms with Crippen molar-refractivity contribution in [2.75, 3.05) is 46.4 Å². The van der Waals surface area contributed by atoms with E-state index in [-0.39, 0.29) is 29.7 Å². The molecule has 1 aliphatic rings. The molecule has 3 rings (SSSR count). The van der Waals surface area contributed by atoms with Gasteiger partial charge in [0, 0.05) is 38.8 Å². The minimum Gasteiger partial charge on any atom is -0.467 e. The number of rotatable bonds is 9. The Hall–Kier alpha value is -2.18. The van der Waals surface area contributed by atoms with Crippen LogP contribution in [0.1, 0.15) is 17.7 Å². The number of halogens is 1. The number of furan rings is 1. The van der Waals surface area contributed by atoms with Gasteiger partial charge in [0.2, 0.25) is 0 Å². The molecule has 0 atom stereocenters. The number of guanidine groups is 1. The summed E-state index contributed by atoms with van der Waals surface area (Å²) < 4.78 is 10.8. The van der Waals surface area contributed by atoms with E-state index >= 15 is 0 Å². The van der Waals surface area contributed by atoms with Crippen LogP contribution in [0.3, 0.4) is 0 Å². The number of aliphatic imine (C=N–C) groups is 1. The van der Waals surface area contributed by atoms with E-state index in [1.54, 1.807) is 18.4 Å². The van der Waals surface area contributed by atoms with E-state index in [0.717, 1.165) is 63.1 Å². The fourth-order valence-corrected chi connectivity index (χ4v) is 3.24. The zero-order chi connectivity index (χ0) is 21.2. The molecule has 0 unspecified atom stereocenters. The standard InChI is InChI=1S/C21H29N5O4.HI/c1-24(17-20-4-2-13-30-20)21(22-9-3-10-25-11-14-29-15-12-25)23-16-18-5-7-19(8-6-18)26(27)28;/h2,4-8,13H,3,9-12,14-17H2,1H3,(H,22,23);1H. The molecule has 9 nitrogen and oxygen atoms in total. The van der Waals surface area contributed by atoms with E-state index < -0.39 is 4.92 Å². The van der Waals surface area contributed by atoms with Crippen LogP contribution in [-0.4, -0.2) is 67.1 Å². The van der Waals surface area contributed by atoms with Crippen LogP contribution in [0.4, 0.5) is 5.69 Å². The first-order chi connectivity index (χ1) is 14.6. The number of nitrogens with one attached hydrogen (secondary N) is 1. The molecular weight excluding hydrogens is 513 g/mol. The van der Waals surface area contributed by atoms with Crippen LogP contribution in [0, 0.1) is 10.1 Å². The number of hydrogen-bond acceptors (Lipinski definition) is 6. The molecule has 1 aromatic heterocycles. The Morgan fingerprint density at radius 1 is 1.26 bits per heavy atom. The summed E-state index contributed by atoms with van der Waals surface area (Å²) in [6, 6.07) is 10.3. The number of nitro groups is 1. The minimum absolute atomic E-state index is 0. The molecule has 0 aliphatic carbocycles. The van der Waals surface area contributed by atoms with E-state index in [0.29, 0.717) is 13.1 Å². The van der Waals surface area contributed by atoms with Gasteiger partial charge in [0.1, 0.15) is 5.76 Å². The molecule has 1 saturated heterocycles. The fourth-order valence-electron chi connectivity index (χ4n) is 3.24. The highest BCUT2D eigenvalue weighted by molar-refractivity contribution is 14.0. The number of benzene rings is 1. The van der Waals surface area contributed by atoms with Gasteiger partial charge in [-0.3, -0.25) is 15.0 Å². The van der Waals surface area contributed by atoms with Crippen molar-refractivity contribution in [3.05, 3.63) is 64.1 Å². The van der Waals surface area contributed by atoms with Crippen molar-refractivity contribution in [3.63, 3.8) is 0 Å². The quantitative estimate of drug-likeness (QED) is 0.130. The molecule has 10 heteroatoms. The molecule has 1 fully saturated rings. The normalized spacial score (nSPS) is 14.7. The molecule has 2 heterocycles. The van der Waals surface area contributed by atoms with Gasteiger partial charge < -0.3 is 19.4 Å². The van der Waals surface area contributed by atoms with Crippen molar-refractivity contribution in [1.82, 2.24) is 15.1 Å². The summed E-state index contributed by atoms with van der Waals surface area (Å²) in [5.41, 5.74) is 0.999. The number of nitrogens with zero attached hydrogens (tertiary/aromatic N) is 4. The summed E-state index contributed by atoms with van der Waals surface area (Å²) >= 11 is 0. The Balaban J connectivity index is 0.00000341. The summed E-state index contributed by atoms with van der Waals surface area (Å²) in [4.78, 5) is 19.6. The van der Waals surface area contributed by atoms with Crippen LogP contribution in [0.5, 0.6) is 0 Å². The first kappa shape index (κ1) is 25.1. The summed E-state index contributed by atoms with van der Waals surface area (Å²) in [7, 11) is 1.96. The van der Waals surface area contributed by atoms with Gasteiger partial charge in [-0.1, -0.05) is 12.1 Å². The fraction of sp³-hybridized carbons (Fsp3) is 0.476. The highest BCUT2D eigenvalue weighted by atomic mass is 127. The lowest BCUT2D eigenvalue weighted by Crippen LogP contribution is -2.41. The molecule has 0 saturated carbocycles. The molecular formula is C21H30IN5O4. The number of hydrogen-bond donors (Lipinski definition) is 1. The van der Waals surface area contributed by atoms with E-state index in [2.05, 4.69) is 10.2 Å². The van der Waals surface area contributed by atoms with Crippen LogP contribution >= 0.6 is 24.0 Å². The second kappa shape index (κ2) is 13.3. The number of morpholine rings is 1. The first-order valence-electron chi connectivity index (χ1n) is 10.2. The van der Waals surface area contributed by atoms with Crippen molar-refractivity contribution in [1.29, 1.82) is 0 Å². The maximum Gasteiger partial charge on any atom is 0.269 e. The lowest BCUT2D eigenvalue weighted by molar-refractivity contribution is -0.384. The first-order valence-corrected chi connectivity index (χ1v) is 10.2. The maximum absolute atomic E-state index is 10.8. The molecule has 0 radical (unpaired) electrons. The molecule has 170 valence electrons. The third-order valence-corrected chi connectivity index (χ3v) is 4.93. The van der Waals surface area contributed by atoms with Gasteiger partial charge in [0.15, 0.2) is 5.96 Å². The van der Waals surface area contributed by atoms with Crippen LogP contribution in [0.15, 0.2) is 52.1 Å². The van der Waals surface area contributed by atoms with Gasteiger partial charge >= 0.3 is 0 Å². The van der Waals surface area contributed by atoms with Gasteiger partial charge in [-0.2, -0.15) is 0 Å². The zero-order valence-corrected chi connectivity index (χ0v) is 20.1. The molecule has 0 amide bonds. The smallest absolute Gasteiger partial charge is 0.269 e. The van der Waals surface area contributed by atoms with Gasteiger partial charge in [0.25, 0.3) is 5.69 Å². The van der Waals surface area contributed by atoms with Crippen molar-refractivity contribution in [2.45, 2.75) is 19.5 Å². The SMILES string of the molecule is CN(Cc1ccco1)C(=NCc1ccc([N+](=O)[O-])cc1)NCCCN1CCOCC1.I. The number of ether oxygens (including phenoxy) is 1. The number of nitro benzene ring substituents is 1. The molecule has 31 heavy (non-hydrogen) atoms. The lowest BCUT2D eigenvalue weighted by Gasteiger charge is -2.27.